The maximum atomic E-state index is 11.3. The van der Waals surface area contributed by atoms with Crippen LogP contribution in [0.1, 0.15) is 16.8 Å². The highest BCUT2D eigenvalue weighted by atomic mass is 79.9. The second kappa shape index (κ2) is 5.62. The van der Waals surface area contributed by atoms with Crippen molar-refractivity contribution in [2.24, 2.45) is 5.73 Å². The van der Waals surface area contributed by atoms with Gasteiger partial charge in [-0.15, -0.1) is 0 Å². The van der Waals surface area contributed by atoms with Gasteiger partial charge >= 0.3 is 5.97 Å². The van der Waals surface area contributed by atoms with Crippen LogP contribution in [-0.2, 0) is 4.79 Å². The molecule has 0 fully saturated rings. The third kappa shape index (κ3) is 3.32. The summed E-state index contributed by atoms with van der Waals surface area (Å²) in [6.45, 7) is 0.274. The van der Waals surface area contributed by atoms with Crippen molar-refractivity contribution in [3.8, 4) is 0 Å². The minimum Gasteiger partial charge on any atom is -0.478 e. The second-order valence-corrected chi connectivity index (χ2v) is 3.94. The van der Waals surface area contributed by atoms with Crippen molar-refractivity contribution >= 4 is 33.5 Å². The van der Waals surface area contributed by atoms with Crippen LogP contribution >= 0.6 is 15.9 Å². The number of nitrogens with two attached hydrogens (primary N) is 1. The molecule has 0 radical (unpaired) electrons. The molecule has 0 saturated heterocycles. The third-order valence-electron chi connectivity index (χ3n) is 1.86. The van der Waals surface area contributed by atoms with Gasteiger partial charge in [-0.05, 0) is 34.1 Å². The molecule has 1 aromatic rings. The number of hydrogen-bond donors (Lipinski definition) is 3. The highest BCUT2D eigenvalue weighted by molar-refractivity contribution is 9.10. The summed E-state index contributed by atoms with van der Waals surface area (Å²) in [4.78, 5) is 21.9. The summed E-state index contributed by atoms with van der Waals surface area (Å²) in [5, 5.41) is 11.4. The number of carbonyl (C=O) groups is 2. The van der Waals surface area contributed by atoms with Crippen LogP contribution < -0.4 is 11.1 Å². The summed E-state index contributed by atoms with van der Waals surface area (Å²) < 4.78 is 0.526. The van der Waals surface area contributed by atoms with Crippen molar-refractivity contribution in [3.05, 3.63) is 28.2 Å². The molecule has 0 aliphatic rings. The summed E-state index contributed by atoms with van der Waals surface area (Å²) in [7, 11) is 0. The molecular formula is C10H11BrN2O3. The molecule has 5 nitrogen and oxygen atoms in total. The standard InChI is InChI=1S/C10H11BrN2O3/c11-7-5-6(10(15)16)1-2-8(7)13-9(14)3-4-12/h1-2,5H,3-4,12H2,(H,13,14)(H,15,16). The van der Waals surface area contributed by atoms with E-state index in [0.29, 0.717) is 10.2 Å². The number of halogens is 1. The normalized spacial score (nSPS) is 9.88. The van der Waals surface area contributed by atoms with Crippen molar-refractivity contribution in [1.29, 1.82) is 0 Å². The molecule has 0 heterocycles. The van der Waals surface area contributed by atoms with E-state index in [9.17, 15) is 9.59 Å². The first-order valence-corrected chi connectivity index (χ1v) is 5.36. The lowest BCUT2D eigenvalue weighted by molar-refractivity contribution is -0.116. The number of hydrogen-bond acceptors (Lipinski definition) is 3. The van der Waals surface area contributed by atoms with Gasteiger partial charge in [0.05, 0.1) is 11.3 Å². The van der Waals surface area contributed by atoms with Gasteiger partial charge < -0.3 is 16.2 Å². The van der Waals surface area contributed by atoms with Crippen LogP contribution in [0.5, 0.6) is 0 Å². The molecule has 4 N–H and O–H groups in total. The summed E-state index contributed by atoms with van der Waals surface area (Å²) in [6.07, 6.45) is 0.229. The van der Waals surface area contributed by atoms with Crippen LogP contribution in [0.2, 0.25) is 0 Å². The lowest BCUT2D eigenvalue weighted by Crippen LogP contribution is -2.16. The fourth-order valence-electron chi connectivity index (χ4n) is 1.09. The van der Waals surface area contributed by atoms with E-state index >= 15 is 0 Å². The number of benzene rings is 1. The van der Waals surface area contributed by atoms with E-state index in [0.717, 1.165) is 0 Å². The lowest BCUT2D eigenvalue weighted by Gasteiger charge is -2.07. The van der Waals surface area contributed by atoms with E-state index in [-0.39, 0.29) is 24.4 Å². The van der Waals surface area contributed by atoms with Crippen molar-refractivity contribution in [2.75, 3.05) is 11.9 Å². The van der Waals surface area contributed by atoms with E-state index in [1.807, 2.05) is 0 Å². The Balaban J connectivity index is 2.83. The Morgan fingerprint density at radius 3 is 2.62 bits per heavy atom. The first-order chi connectivity index (χ1) is 7.54. The molecule has 0 saturated carbocycles. The van der Waals surface area contributed by atoms with Gasteiger partial charge in [0.15, 0.2) is 0 Å². The Morgan fingerprint density at radius 2 is 2.12 bits per heavy atom. The first-order valence-electron chi connectivity index (χ1n) is 4.57. The second-order valence-electron chi connectivity index (χ2n) is 3.09. The molecule has 0 aliphatic carbocycles. The monoisotopic (exact) mass is 286 g/mol. The van der Waals surface area contributed by atoms with Crippen LogP contribution in [0, 0.1) is 0 Å². The molecule has 0 aliphatic heterocycles. The molecule has 1 aromatic carbocycles. The molecule has 86 valence electrons. The quantitative estimate of drug-likeness (QED) is 0.781. The minimum absolute atomic E-state index is 0.156. The Labute approximate surface area is 101 Å². The number of nitrogens with one attached hydrogen (secondary N) is 1. The van der Waals surface area contributed by atoms with E-state index < -0.39 is 5.97 Å². The Bertz CT molecular complexity index is 421. The number of anilines is 1. The molecule has 0 bridgehead atoms. The highest BCUT2D eigenvalue weighted by Crippen LogP contribution is 2.23. The van der Waals surface area contributed by atoms with Crippen LogP contribution in [0.15, 0.2) is 22.7 Å². The van der Waals surface area contributed by atoms with Crippen LogP contribution in [-0.4, -0.2) is 23.5 Å². The zero-order valence-corrected chi connectivity index (χ0v) is 9.95. The van der Waals surface area contributed by atoms with Gasteiger partial charge in [0.2, 0.25) is 5.91 Å². The summed E-state index contributed by atoms with van der Waals surface area (Å²) in [6, 6.07) is 4.38. The molecule has 6 heteroatoms. The van der Waals surface area contributed by atoms with Gasteiger partial charge in [0.1, 0.15) is 0 Å². The maximum Gasteiger partial charge on any atom is 0.335 e. The van der Waals surface area contributed by atoms with Crippen molar-refractivity contribution in [3.63, 3.8) is 0 Å². The summed E-state index contributed by atoms with van der Waals surface area (Å²) in [5.74, 6) is -1.22. The fraction of sp³-hybridized carbons (Fsp3) is 0.200. The predicted molar refractivity (Wildman–Crippen MR) is 63.4 cm³/mol. The third-order valence-corrected chi connectivity index (χ3v) is 2.52. The molecular weight excluding hydrogens is 276 g/mol. The first kappa shape index (κ1) is 12.7. The van der Waals surface area contributed by atoms with Gasteiger partial charge in [-0.2, -0.15) is 0 Å². The molecule has 0 spiro atoms. The summed E-state index contributed by atoms with van der Waals surface area (Å²) in [5.41, 5.74) is 5.92. The number of aromatic carboxylic acids is 1. The molecule has 1 amide bonds. The van der Waals surface area contributed by atoms with Crippen LogP contribution in [0.4, 0.5) is 5.69 Å². The minimum atomic E-state index is -1.01. The van der Waals surface area contributed by atoms with E-state index in [4.69, 9.17) is 10.8 Å². The maximum absolute atomic E-state index is 11.3. The van der Waals surface area contributed by atoms with Gasteiger partial charge in [0.25, 0.3) is 0 Å². The van der Waals surface area contributed by atoms with Crippen LogP contribution in [0.3, 0.4) is 0 Å². The summed E-state index contributed by atoms with van der Waals surface area (Å²) >= 11 is 3.19. The van der Waals surface area contributed by atoms with E-state index in [1.54, 1.807) is 0 Å². The van der Waals surface area contributed by atoms with Gasteiger partial charge in [-0.25, -0.2) is 4.79 Å². The van der Waals surface area contributed by atoms with Crippen molar-refractivity contribution in [1.82, 2.24) is 0 Å². The number of carboxylic acids is 1. The Hall–Kier alpha value is -1.40. The smallest absolute Gasteiger partial charge is 0.335 e. The van der Waals surface area contributed by atoms with Gasteiger partial charge in [0, 0.05) is 17.4 Å². The average Bonchev–Trinajstić information content (AvgIpc) is 2.21. The zero-order chi connectivity index (χ0) is 12.1. The van der Waals surface area contributed by atoms with E-state index in [1.165, 1.54) is 18.2 Å². The van der Waals surface area contributed by atoms with Gasteiger partial charge in [-0.1, -0.05) is 0 Å². The van der Waals surface area contributed by atoms with Gasteiger partial charge in [-0.3, -0.25) is 4.79 Å². The molecule has 1 rings (SSSR count). The number of rotatable bonds is 4. The van der Waals surface area contributed by atoms with Crippen molar-refractivity contribution in [2.45, 2.75) is 6.42 Å². The number of carboxylic acid groups (broad SMARTS) is 1. The molecule has 0 aromatic heterocycles. The topological polar surface area (TPSA) is 92.4 Å². The average molecular weight is 287 g/mol. The van der Waals surface area contributed by atoms with Crippen molar-refractivity contribution < 1.29 is 14.7 Å². The zero-order valence-electron chi connectivity index (χ0n) is 8.37. The Morgan fingerprint density at radius 1 is 1.44 bits per heavy atom. The van der Waals surface area contributed by atoms with Crippen LogP contribution in [0.25, 0.3) is 0 Å². The number of carbonyl (C=O) groups excluding carboxylic acids is 1. The molecule has 0 unspecified atom stereocenters. The SMILES string of the molecule is NCCC(=O)Nc1ccc(C(=O)O)cc1Br. The fourth-order valence-corrected chi connectivity index (χ4v) is 1.57. The molecule has 16 heavy (non-hydrogen) atoms. The Kier molecular flexibility index (Phi) is 4.45. The lowest BCUT2D eigenvalue weighted by atomic mass is 10.2. The largest absolute Gasteiger partial charge is 0.478 e. The highest BCUT2D eigenvalue weighted by Gasteiger charge is 2.08. The van der Waals surface area contributed by atoms with E-state index in [2.05, 4.69) is 21.2 Å². The molecule has 0 atom stereocenters. The predicted octanol–water partition coefficient (Wildman–Crippen LogP) is 1.43. The number of amides is 1.